The molecule has 0 aromatic carbocycles. The molecule has 0 atom stereocenters. The zero-order valence-electron chi connectivity index (χ0n) is 5.65. The molecule has 0 fully saturated rings. The van der Waals surface area contributed by atoms with E-state index >= 15 is 0 Å². The minimum Gasteiger partial charge on any atom is -0.463 e. The lowest BCUT2D eigenvalue weighted by Crippen LogP contribution is -1.90. The molecule has 5 heteroatoms. The molecule has 1 aliphatic rings. The minimum absolute atomic E-state index is 0.356. The smallest absolute Gasteiger partial charge is 0.298 e. The van der Waals surface area contributed by atoms with Crippen LogP contribution in [0.4, 0.5) is 5.82 Å². The van der Waals surface area contributed by atoms with Gasteiger partial charge in [0.1, 0.15) is 6.61 Å². The molecule has 0 saturated carbocycles. The van der Waals surface area contributed by atoms with Crippen molar-refractivity contribution in [2.75, 3.05) is 6.61 Å². The largest absolute Gasteiger partial charge is 0.463 e. The Kier molecular flexibility index (Phi) is 1.23. The summed E-state index contributed by atoms with van der Waals surface area (Å²) >= 11 is 0. The third-order valence-corrected chi connectivity index (χ3v) is 1.45. The summed E-state index contributed by atoms with van der Waals surface area (Å²) in [4.78, 5) is 17.1. The minimum atomic E-state index is 0.356. The SMILES string of the molecule is O=C=Nc1cn2c(n1)OCC2. The molecular weight excluding hydrogens is 146 g/mol. The molecule has 0 bridgehead atoms. The number of ether oxygens (including phenoxy) is 1. The second-order valence-corrected chi connectivity index (χ2v) is 2.13. The third-order valence-electron chi connectivity index (χ3n) is 1.45. The lowest BCUT2D eigenvalue weighted by molar-refractivity contribution is 0.345. The Morgan fingerprint density at radius 3 is 3.45 bits per heavy atom. The Morgan fingerprint density at radius 1 is 1.82 bits per heavy atom. The van der Waals surface area contributed by atoms with Crippen molar-refractivity contribution in [1.29, 1.82) is 0 Å². The summed E-state index contributed by atoms with van der Waals surface area (Å²) in [5, 5.41) is 0. The molecule has 1 aromatic rings. The summed E-state index contributed by atoms with van der Waals surface area (Å²) in [6.07, 6.45) is 3.08. The average molecular weight is 151 g/mol. The van der Waals surface area contributed by atoms with E-state index < -0.39 is 0 Å². The summed E-state index contributed by atoms with van der Waals surface area (Å²) < 4.78 is 6.89. The van der Waals surface area contributed by atoms with Crippen molar-refractivity contribution in [2.45, 2.75) is 6.54 Å². The molecule has 1 aliphatic heterocycles. The lowest BCUT2D eigenvalue weighted by atomic mass is 10.7. The molecule has 5 nitrogen and oxygen atoms in total. The van der Waals surface area contributed by atoms with E-state index in [1.165, 1.54) is 6.08 Å². The number of carbonyl (C=O) groups excluding carboxylic acids is 1. The zero-order chi connectivity index (χ0) is 7.68. The number of hydrogen-bond donors (Lipinski definition) is 0. The molecule has 2 heterocycles. The Hall–Kier alpha value is -1.61. The van der Waals surface area contributed by atoms with Crippen LogP contribution in [0.5, 0.6) is 6.01 Å². The number of fused-ring (bicyclic) bond motifs is 1. The van der Waals surface area contributed by atoms with Gasteiger partial charge < -0.3 is 4.74 Å². The lowest BCUT2D eigenvalue weighted by Gasteiger charge is -1.85. The molecule has 0 amide bonds. The Balaban J connectivity index is 2.41. The second-order valence-electron chi connectivity index (χ2n) is 2.13. The molecule has 0 spiro atoms. The maximum absolute atomic E-state index is 9.82. The van der Waals surface area contributed by atoms with Crippen LogP contribution < -0.4 is 4.74 Å². The number of isocyanates is 1. The number of rotatable bonds is 1. The Morgan fingerprint density at radius 2 is 2.73 bits per heavy atom. The van der Waals surface area contributed by atoms with Crippen LogP contribution in [0.2, 0.25) is 0 Å². The van der Waals surface area contributed by atoms with Crippen LogP contribution in [0.15, 0.2) is 11.2 Å². The van der Waals surface area contributed by atoms with Crippen molar-refractivity contribution in [1.82, 2.24) is 9.55 Å². The van der Waals surface area contributed by atoms with Crippen LogP contribution in [0, 0.1) is 0 Å². The highest BCUT2D eigenvalue weighted by Crippen LogP contribution is 2.20. The first kappa shape index (κ1) is 6.12. The van der Waals surface area contributed by atoms with Crippen LogP contribution in [0.25, 0.3) is 0 Å². The van der Waals surface area contributed by atoms with Crippen LogP contribution in [0.1, 0.15) is 0 Å². The fourth-order valence-corrected chi connectivity index (χ4v) is 0.997. The topological polar surface area (TPSA) is 56.5 Å². The highest BCUT2D eigenvalue weighted by Gasteiger charge is 2.13. The van der Waals surface area contributed by atoms with Crippen molar-refractivity contribution in [3.63, 3.8) is 0 Å². The van der Waals surface area contributed by atoms with Gasteiger partial charge in [-0.05, 0) is 0 Å². The quantitative estimate of drug-likeness (QED) is 0.426. The molecular formula is C6H5N3O2. The zero-order valence-corrected chi connectivity index (χ0v) is 5.65. The van der Waals surface area contributed by atoms with Gasteiger partial charge in [0.2, 0.25) is 6.08 Å². The highest BCUT2D eigenvalue weighted by atomic mass is 16.5. The van der Waals surface area contributed by atoms with Crippen molar-refractivity contribution < 1.29 is 9.53 Å². The van der Waals surface area contributed by atoms with Crippen molar-refractivity contribution in [3.8, 4) is 6.01 Å². The van der Waals surface area contributed by atoms with Gasteiger partial charge >= 0.3 is 0 Å². The average Bonchev–Trinajstić information content (AvgIpc) is 2.46. The van der Waals surface area contributed by atoms with E-state index in [0.29, 0.717) is 18.4 Å². The molecule has 0 aliphatic carbocycles. The number of aliphatic imine (C=N–C) groups is 1. The molecule has 0 radical (unpaired) electrons. The number of aromatic nitrogens is 2. The summed E-state index contributed by atoms with van der Waals surface area (Å²) in [6, 6.07) is 0.527. The van der Waals surface area contributed by atoms with Crippen molar-refractivity contribution in [2.24, 2.45) is 4.99 Å². The van der Waals surface area contributed by atoms with Gasteiger partial charge in [-0.25, -0.2) is 4.79 Å². The van der Waals surface area contributed by atoms with E-state index in [4.69, 9.17) is 4.74 Å². The Labute approximate surface area is 62.3 Å². The summed E-state index contributed by atoms with van der Waals surface area (Å²) in [6.45, 7) is 1.42. The van der Waals surface area contributed by atoms with E-state index in [1.807, 2.05) is 0 Å². The van der Waals surface area contributed by atoms with Gasteiger partial charge in [-0.3, -0.25) is 4.57 Å². The standard InChI is InChI=1S/C6H5N3O2/c10-4-7-5-3-9-1-2-11-6(9)8-5/h3H,1-2H2. The van der Waals surface area contributed by atoms with Crippen molar-refractivity contribution in [3.05, 3.63) is 6.20 Å². The molecule has 0 N–H and O–H groups in total. The summed E-state index contributed by atoms with van der Waals surface area (Å²) in [5.41, 5.74) is 0. The molecule has 2 rings (SSSR count). The predicted molar refractivity (Wildman–Crippen MR) is 35.5 cm³/mol. The maximum Gasteiger partial charge on any atom is 0.298 e. The third kappa shape index (κ3) is 0.911. The predicted octanol–water partition coefficient (Wildman–Crippen LogP) is 0.243. The molecule has 1 aromatic heterocycles. The van der Waals surface area contributed by atoms with E-state index in [2.05, 4.69) is 9.98 Å². The van der Waals surface area contributed by atoms with Gasteiger partial charge in [0.15, 0.2) is 5.82 Å². The van der Waals surface area contributed by atoms with Crippen LogP contribution >= 0.6 is 0 Å². The summed E-state index contributed by atoms with van der Waals surface area (Å²) in [5.74, 6) is 0.356. The monoisotopic (exact) mass is 151 g/mol. The maximum atomic E-state index is 9.82. The van der Waals surface area contributed by atoms with Crippen LogP contribution in [0.3, 0.4) is 0 Å². The fraction of sp³-hybridized carbons (Fsp3) is 0.333. The normalized spacial score (nSPS) is 13.5. The van der Waals surface area contributed by atoms with E-state index in [1.54, 1.807) is 10.8 Å². The van der Waals surface area contributed by atoms with Gasteiger partial charge in [0, 0.05) is 0 Å². The number of imidazole rings is 1. The molecule has 11 heavy (non-hydrogen) atoms. The van der Waals surface area contributed by atoms with E-state index in [0.717, 1.165) is 6.54 Å². The van der Waals surface area contributed by atoms with Gasteiger partial charge in [0.05, 0.1) is 12.7 Å². The summed E-state index contributed by atoms with van der Waals surface area (Å²) in [7, 11) is 0. The van der Waals surface area contributed by atoms with Gasteiger partial charge in [-0.15, -0.1) is 4.99 Å². The van der Waals surface area contributed by atoms with E-state index in [9.17, 15) is 4.79 Å². The second kappa shape index (κ2) is 2.21. The van der Waals surface area contributed by atoms with Gasteiger partial charge in [-0.1, -0.05) is 0 Å². The Bertz CT molecular complexity index is 303. The molecule has 56 valence electrons. The number of hydrogen-bond acceptors (Lipinski definition) is 4. The first-order valence-electron chi connectivity index (χ1n) is 3.18. The van der Waals surface area contributed by atoms with Crippen molar-refractivity contribution >= 4 is 11.9 Å². The molecule has 0 saturated heterocycles. The van der Waals surface area contributed by atoms with Gasteiger partial charge in [0.25, 0.3) is 6.01 Å². The van der Waals surface area contributed by atoms with Crippen LogP contribution in [-0.2, 0) is 11.3 Å². The first-order valence-corrected chi connectivity index (χ1v) is 3.18. The first-order chi connectivity index (χ1) is 5.40. The highest BCUT2D eigenvalue weighted by molar-refractivity contribution is 5.44. The van der Waals surface area contributed by atoms with Crippen LogP contribution in [-0.4, -0.2) is 22.2 Å². The van der Waals surface area contributed by atoms with Gasteiger partial charge in [-0.2, -0.15) is 4.98 Å². The molecule has 0 unspecified atom stereocenters. The fourth-order valence-electron chi connectivity index (χ4n) is 0.997. The van der Waals surface area contributed by atoms with E-state index in [-0.39, 0.29) is 0 Å². The number of nitrogens with zero attached hydrogens (tertiary/aromatic N) is 3.